The van der Waals surface area contributed by atoms with Crippen molar-refractivity contribution in [2.45, 2.75) is 43.7 Å². The Hall–Kier alpha value is -1.89. The maximum Gasteiger partial charge on any atom is 0.223 e. The van der Waals surface area contributed by atoms with Crippen molar-refractivity contribution in [1.82, 2.24) is 10.2 Å². The zero-order valence-electron chi connectivity index (χ0n) is 17.5. The zero-order chi connectivity index (χ0) is 21.7. The Labute approximate surface area is 184 Å². The number of sulfone groups is 1. The van der Waals surface area contributed by atoms with Crippen molar-refractivity contribution in [3.63, 3.8) is 0 Å². The van der Waals surface area contributed by atoms with E-state index in [9.17, 15) is 13.2 Å². The molecule has 30 heavy (non-hydrogen) atoms. The van der Waals surface area contributed by atoms with Gasteiger partial charge in [0.15, 0.2) is 9.84 Å². The molecule has 0 bridgehead atoms. The molecule has 1 atom stereocenters. The van der Waals surface area contributed by atoms with Crippen molar-refractivity contribution in [3.05, 3.63) is 64.7 Å². The third kappa shape index (κ3) is 5.84. The quantitative estimate of drug-likeness (QED) is 0.688. The highest BCUT2D eigenvalue weighted by Crippen LogP contribution is 2.24. The van der Waals surface area contributed by atoms with Crippen molar-refractivity contribution < 1.29 is 13.2 Å². The Balaban J connectivity index is 1.55. The van der Waals surface area contributed by atoms with E-state index in [1.807, 2.05) is 31.2 Å². The molecular formula is C23H29ClN2O3S. The van der Waals surface area contributed by atoms with Gasteiger partial charge in [-0.15, -0.1) is 0 Å². The minimum atomic E-state index is -3.22. The number of likely N-dealkylation sites (tertiary alicyclic amines) is 1. The number of benzene rings is 2. The minimum Gasteiger partial charge on any atom is -0.349 e. The third-order valence-electron chi connectivity index (χ3n) is 5.75. The number of amides is 1. The monoisotopic (exact) mass is 448 g/mol. The summed E-state index contributed by atoms with van der Waals surface area (Å²) in [5.74, 6) is 0.0725. The standard InChI is InChI=1S/C23H29ClN2O3S/c1-3-22(17-8-10-20(11-9-17)30(2,28)29)25-23(27)18-12-14-26(15-13-18)16-19-6-4-5-7-21(19)24/h4-11,18,22H,3,12-16H2,1-2H3,(H,25,27)/t22-/m1/s1. The lowest BCUT2D eigenvalue weighted by Gasteiger charge is -2.32. The lowest BCUT2D eigenvalue weighted by Crippen LogP contribution is -2.41. The highest BCUT2D eigenvalue weighted by Gasteiger charge is 2.27. The van der Waals surface area contributed by atoms with E-state index in [2.05, 4.69) is 10.2 Å². The predicted molar refractivity (Wildman–Crippen MR) is 120 cm³/mol. The molecule has 1 amide bonds. The molecule has 3 rings (SSSR count). The second-order valence-electron chi connectivity index (χ2n) is 7.95. The molecule has 7 heteroatoms. The van der Waals surface area contributed by atoms with Gasteiger partial charge in [0.25, 0.3) is 0 Å². The number of nitrogens with zero attached hydrogens (tertiary/aromatic N) is 1. The SMILES string of the molecule is CC[C@@H](NC(=O)C1CCN(Cc2ccccc2Cl)CC1)c1ccc(S(C)(=O)=O)cc1. The van der Waals surface area contributed by atoms with E-state index in [1.54, 1.807) is 24.3 Å². The molecule has 5 nitrogen and oxygen atoms in total. The van der Waals surface area contributed by atoms with Crippen LogP contribution in [0.3, 0.4) is 0 Å². The summed E-state index contributed by atoms with van der Waals surface area (Å²) in [6, 6.07) is 14.5. The number of hydrogen-bond acceptors (Lipinski definition) is 4. The van der Waals surface area contributed by atoms with Crippen LogP contribution in [0.5, 0.6) is 0 Å². The summed E-state index contributed by atoms with van der Waals surface area (Å²) >= 11 is 6.26. The van der Waals surface area contributed by atoms with E-state index in [-0.39, 0.29) is 17.9 Å². The maximum atomic E-state index is 12.8. The van der Waals surface area contributed by atoms with Gasteiger partial charge >= 0.3 is 0 Å². The van der Waals surface area contributed by atoms with E-state index < -0.39 is 9.84 Å². The molecule has 0 saturated carbocycles. The van der Waals surface area contributed by atoms with Crippen LogP contribution in [0.1, 0.15) is 43.4 Å². The smallest absolute Gasteiger partial charge is 0.223 e. The van der Waals surface area contributed by atoms with Gasteiger partial charge in [-0.1, -0.05) is 48.9 Å². The molecule has 1 aliphatic heterocycles. The second-order valence-corrected chi connectivity index (χ2v) is 10.4. The summed E-state index contributed by atoms with van der Waals surface area (Å²) in [6.07, 6.45) is 3.58. The molecule has 2 aromatic rings. The first-order valence-electron chi connectivity index (χ1n) is 10.3. The fourth-order valence-electron chi connectivity index (χ4n) is 3.88. The number of carbonyl (C=O) groups is 1. The highest BCUT2D eigenvalue weighted by molar-refractivity contribution is 7.90. The van der Waals surface area contributed by atoms with Crippen LogP contribution in [0, 0.1) is 5.92 Å². The van der Waals surface area contributed by atoms with Gasteiger partial charge < -0.3 is 5.32 Å². The first kappa shape index (κ1) is 22.8. The van der Waals surface area contributed by atoms with Crippen LogP contribution >= 0.6 is 11.6 Å². The van der Waals surface area contributed by atoms with Crippen molar-refractivity contribution in [3.8, 4) is 0 Å². The highest BCUT2D eigenvalue weighted by atomic mass is 35.5. The first-order valence-corrected chi connectivity index (χ1v) is 12.6. The van der Waals surface area contributed by atoms with Crippen LogP contribution in [0.2, 0.25) is 5.02 Å². The van der Waals surface area contributed by atoms with Crippen LogP contribution in [0.15, 0.2) is 53.4 Å². The molecule has 162 valence electrons. The summed E-state index contributed by atoms with van der Waals surface area (Å²) in [7, 11) is -3.22. The Morgan fingerprint density at radius 3 is 2.33 bits per heavy atom. The molecule has 1 aliphatic rings. The molecule has 1 heterocycles. The van der Waals surface area contributed by atoms with Crippen LogP contribution < -0.4 is 5.32 Å². The normalized spacial score (nSPS) is 16.9. The number of rotatable bonds is 7. The van der Waals surface area contributed by atoms with E-state index in [4.69, 9.17) is 11.6 Å². The summed E-state index contributed by atoms with van der Waals surface area (Å²) in [4.78, 5) is 15.5. The van der Waals surface area contributed by atoms with Gasteiger partial charge in [-0.3, -0.25) is 9.69 Å². The van der Waals surface area contributed by atoms with Gasteiger partial charge in [0, 0.05) is 23.7 Å². The Bertz CT molecular complexity index is 968. The van der Waals surface area contributed by atoms with Crippen molar-refractivity contribution in [2.24, 2.45) is 5.92 Å². The van der Waals surface area contributed by atoms with E-state index in [1.165, 1.54) is 6.26 Å². The maximum absolute atomic E-state index is 12.8. The van der Waals surface area contributed by atoms with Crippen LogP contribution in [-0.2, 0) is 21.2 Å². The number of nitrogens with one attached hydrogen (secondary N) is 1. The Morgan fingerprint density at radius 2 is 1.77 bits per heavy atom. The van der Waals surface area contributed by atoms with Gasteiger partial charge in [0.05, 0.1) is 10.9 Å². The number of carbonyl (C=O) groups excluding carboxylic acids is 1. The van der Waals surface area contributed by atoms with Crippen LogP contribution in [-0.4, -0.2) is 38.6 Å². The molecule has 1 fully saturated rings. The molecule has 0 aromatic heterocycles. The van der Waals surface area contributed by atoms with Gasteiger partial charge in [0.1, 0.15) is 0 Å². The van der Waals surface area contributed by atoms with Gasteiger partial charge in [-0.05, 0) is 61.7 Å². The van der Waals surface area contributed by atoms with Crippen LogP contribution in [0.25, 0.3) is 0 Å². The molecule has 1 saturated heterocycles. The van der Waals surface area contributed by atoms with Crippen molar-refractivity contribution in [1.29, 1.82) is 0 Å². The fourth-order valence-corrected chi connectivity index (χ4v) is 4.70. The van der Waals surface area contributed by atoms with Gasteiger partial charge in [-0.2, -0.15) is 0 Å². The summed E-state index contributed by atoms with van der Waals surface area (Å²) in [5, 5.41) is 3.94. The van der Waals surface area contributed by atoms with Gasteiger partial charge in [-0.25, -0.2) is 8.42 Å². The van der Waals surface area contributed by atoms with E-state index in [0.29, 0.717) is 4.90 Å². The number of hydrogen-bond donors (Lipinski definition) is 1. The molecule has 0 radical (unpaired) electrons. The second kappa shape index (κ2) is 9.94. The van der Waals surface area contributed by atoms with E-state index in [0.717, 1.165) is 55.0 Å². The topological polar surface area (TPSA) is 66.5 Å². The Kier molecular flexibility index (Phi) is 7.55. The molecular weight excluding hydrogens is 420 g/mol. The van der Waals surface area contributed by atoms with Crippen LogP contribution in [0.4, 0.5) is 0 Å². The zero-order valence-corrected chi connectivity index (χ0v) is 19.0. The summed E-state index contributed by atoms with van der Waals surface area (Å²) in [6.45, 7) is 4.55. The summed E-state index contributed by atoms with van der Waals surface area (Å²) in [5.41, 5.74) is 2.04. The van der Waals surface area contributed by atoms with Crippen molar-refractivity contribution >= 4 is 27.3 Å². The first-order chi connectivity index (χ1) is 14.3. The van der Waals surface area contributed by atoms with E-state index >= 15 is 0 Å². The van der Waals surface area contributed by atoms with Crippen molar-refractivity contribution in [2.75, 3.05) is 19.3 Å². The largest absolute Gasteiger partial charge is 0.349 e. The average Bonchev–Trinajstić information content (AvgIpc) is 2.73. The molecule has 2 aromatic carbocycles. The third-order valence-corrected chi connectivity index (χ3v) is 7.24. The predicted octanol–water partition coefficient (Wildman–Crippen LogP) is 4.22. The average molecular weight is 449 g/mol. The lowest BCUT2D eigenvalue weighted by atomic mass is 9.94. The number of halogens is 1. The minimum absolute atomic E-state index is 0.00293. The molecule has 1 N–H and O–H groups in total. The molecule has 0 spiro atoms. The molecule has 0 unspecified atom stereocenters. The molecule has 0 aliphatic carbocycles. The summed E-state index contributed by atoms with van der Waals surface area (Å²) < 4.78 is 23.3. The number of piperidine rings is 1. The lowest BCUT2D eigenvalue weighted by molar-refractivity contribution is -0.127. The fraction of sp³-hybridized carbons (Fsp3) is 0.435. The Morgan fingerprint density at radius 1 is 1.13 bits per heavy atom. The van der Waals surface area contributed by atoms with Gasteiger partial charge in [0.2, 0.25) is 5.91 Å².